The first-order valence-corrected chi connectivity index (χ1v) is 6.80. The van der Waals surface area contributed by atoms with Gasteiger partial charge in [0, 0.05) is 0 Å². The minimum absolute atomic E-state index is 0.0802. The molecule has 0 spiro atoms. The molecule has 2 aromatic rings. The second-order valence-electron chi connectivity index (χ2n) is 4.94. The number of carbonyl (C=O) groups excluding carboxylic acids is 1. The zero-order valence-corrected chi connectivity index (χ0v) is 12.4. The van der Waals surface area contributed by atoms with Crippen LogP contribution in [0.5, 0.6) is 0 Å². The van der Waals surface area contributed by atoms with Crippen LogP contribution in [0.25, 0.3) is 0 Å². The first-order chi connectivity index (χ1) is 10.5. The largest absolute Gasteiger partial charge is 0.478 e. The highest BCUT2D eigenvalue weighted by atomic mass is 16.5. The van der Waals surface area contributed by atoms with E-state index < -0.39 is 12.1 Å². The molecule has 0 aliphatic heterocycles. The van der Waals surface area contributed by atoms with Crippen LogP contribution in [0.3, 0.4) is 0 Å². The minimum atomic E-state index is -1.08. The van der Waals surface area contributed by atoms with Gasteiger partial charge in [0.15, 0.2) is 0 Å². The van der Waals surface area contributed by atoms with Crippen molar-refractivity contribution in [3.05, 3.63) is 64.7 Å². The van der Waals surface area contributed by atoms with Crippen LogP contribution in [-0.4, -0.2) is 17.2 Å². The summed E-state index contributed by atoms with van der Waals surface area (Å²) in [6.45, 7) is 3.54. The molecule has 5 heteroatoms. The number of benzene rings is 2. The summed E-state index contributed by atoms with van der Waals surface area (Å²) in [5.74, 6) is -1.08. The Labute approximate surface area is 128 Å². The summed E-state index contributed by atoms with van der Waals surface area (Å²) in [7, 11) is 0. The van der Waals surface area contributed by atoms with E-state index in [-0.39, 0.29) is 17.9 Å². The number of amides is 1. The molecule has 22 heavy (non-hydrogen) atoms. The van der Waals surface area contributed by atoms with E-state index in [0.717, 1.165) is 5.56 Å². The number of carboxylic acid groups (broad SMARTS) is 1. The lowest BCUT2D eigenvalue weighted by molar-refractivity contribution is 0.0697. The van der Waals surface area contributed by atoms with Crippen molar-refractivity contribution in [2.24, 2.45) is 0 Å². The third-order valence-corrected chi connectivity index (χ3v) is 3.28. The molecule has 2 aromatic carbocycles. The van der Waals surface area contributed by atoms with Crippen LogP contribution in [-0.2, 0) is 11.3 Å². The first kappa shape index (κ1) is 15.6. The number of anilines is 1. The predicted octanol–water partition coefficient (Wildman–Crippen LogP) is 3.75. The average molecular weight is 299 g/mol. The molecule has 2 N–H and O–H groups in total. The summed E-state index contributed by atoms with van der Waals surface area (Å²) in [6, 6.07) is 12.7. The molecule has 0 fully saturated rings. The molecule has 0 radical (unpaired) electrons. The Morgan fingerprint density at radius 2 is 1.68 bits per heavy atom. The molecule has 0 heterocycles. The Balaban J connectivity index is 2.12. The van der Waals surface area contributed by atoms with Crippen LogP contribution in [0.15, 0.2) is 42.5 Å². The average Bonchev–Trinajstić information content (AvgIpc) is 2.49. The molecule has 1 amide bonds. The normalized spacial score (nSPS) is 10.1. The number of carboxylic acids is 1. The summed E-state index contributed by atoms with van der Waals surface area (Å²) in [6.07, 6.45) is -0.681. The van der Waals surface area contributed by atoms with Crippen molar-refractivity contribution >= 4 is 17.7 Å². The van der Waals surface area contributed by atoms with Gasteiger partial charge in [-0.05, 0) is 30.5 Å². The molecule has 0 saturated carbocycles. The fraction of sp³-hybridized carbons (Fsp3) is 0.176. The topological polar surface area (TPSA) is 75.6 Å². The van der Waals surface area contributed by atoms with Crippen LogP contribution in [0, 0.1) is 13.8 Å². The van der Waals surface area contributed by atoms with Gasteiger partial charge in [0.1, 0.15) is 6.61 Å². The molecular weight excluding hydrogens is 282 g/mol. The van der Waals surface area contributed by atoms with Crippen LogP contribution >= 0.6 is 0 Å². The van der Waals surface area contributed by atoms with E-state index in [1.807, 2.05) is 30.3 Å². The zero-order valence-electron chi connectivity index (χ0n) is 12.4. The van der Waals surface area contributed by atoms with Crippen molar-refractivity contribution in [2.75, 3.05) is 5.32 Å². The quantitative estimate of drug-likeness (QED) is 0.901. The van der Waals surface area contributed by atoms with Crippen LogP contribution in [0.2, 0.25) is 0 Å². The van der Waals surface area contributed by atoms with Gasteiger partial charge in [-0.2, -0.15) is 0 Å². The monoisotopic (exact) mass is 299 g/mol. The SMILES string of the molecule is Cc1ccc(C)c(C(=O)O)c1NC(=O)OCc1ccccc1. The molecule has 0 aliphatic carbocycles. The molecule has 0 aromatic heterocycles. The van der Waals surface area contributed by atoms with Crippen LogP contribution < -0.4 is 5.32 Å². The van der Waals surface area contributed by atoms with Gasteiger partial charge < -0.3 is 9.84 Å². The molecule has 0 atom stereocenters. The summed E-state index contributed by atoms with van der Waals surface area (Å²) < 4.78 is 5.12. The van der Waals surface area contributed by atoms with Crippen molar-refractivity contribution in [1.29, 1.82) is 0 Å². The summed E-state index contributed by atoms with van der Waals surface area (Å²) in [5, 5.41) is 11.8. The lowest BCUT2D eigenvalue weighted by Gasteiger charge is -2.14. The number of aryl methyl sites for hydroxylation is 2. The Hall–Kier alpha value is -2.82. The van der Waals surface area contributed by atoms with Crippen LogP contribution in [0.4, 0.5) is 10.5 Å². The third-order valence-electron chi connectivity index (χ3n) is 3.28. The highest BCUT2D eigenvalue weighted by Crippen LogP contribution is 2.24. The van der Waals surface area contributed by atoms with E-state index in [4.69, 9.17) is 4.74 Å². The Kier molecular flexibility index (Phi) is 4.78. The van der Waals surface area contributed by atoms with E-state index in [9.17, 15) is 14.7 Å². The van der Waals surface area contributed by atoms with Gasteiger partial charge >= 0.3 is 12.1 Å². The maximum Gasteiger partial charge on any atom is 0.411 e. The fourth-order valence-corrected chi connectivity index (χ4v) is 2.11. The third kappa shape index (κ3) is 3.63. The van der Waals surface area contributed by atoms with Crippen molar-refractivity contribution in [1.82, 2.24) is 0 Å². The fourth-order valence-electron chi connectivity index (χ4n) is 2.11. The van der Waals surface area contributed by atoms with E-state index in [1.54, 1.807) is 26.0 Å². The molecule has 2 rings (SSSR count). The van der Waals surface area contributed by atoms with E-state index >= 15 is 0 Å². The van der Waals surface area contributed by atoms with Gasteiger partial charge in [-0.1, -0.05) is 42.5 Å². The van der Waals surface area contributed by atoms with Crippen molar-refractivity contribution < 1.29 is 19.4 Å². The van der Waals surface area contributed by atoms with E-state index in [2.05, 4.69) is 5.32 Å². The molecule has 0 aliphatic rings. The molecule has 0 unspecified atom stereocenters. The van der Waals surface area contributed by atoms with E-state index in [0.29, 0.717) is 11.1 Å². The van der Waals surface area contributed by atoms with Gasteiger partial charge in [0.2, 0.25) is 0 Å². The van der Waals surface area contributed by atoms with Gasteiger partial charge in [0.25, 0.3) is 0 Å². The van der Waals surface area contributed by atoms with Crippen molar-refractivity contribution in [2.45, 2.75) is 20.5 Å². The number of hydrogen-bond donors (Lipinski definition) is 2. The molecule has 5 nitrogen and oxygen atoms in total. The second kappa shape index (κ2) is 6.76. The predicted molar refractivity (Wildman–Crippen MR) is 83.1 cm³/mol. The number of ether oxygens (including phenoxy) is 1. The van der Waals surface area contributed by atoms with E-state index in [1.165, 1.54) is 0 Å². The summed E-state index contributed by atoms with van der Waals surface area (Å²) in [5.41, 5.74) is 2.45. The second-order valence-corrected chi connectivity index (χ2v) is 4.94. The lowest BCUT2D eigenvalue weighted by atomic mass is 10.0. The van der Waals surface area contributed by atoms with Crippen molar-refractivity contribution in [3.63, 3.8) is 0 Å². The maximum atomic E-state index is 11.9. The molecule has 0 saturated heterocycles. The molecule has 0 bridgehead atoms. The number of aromatic carboxylic acids is 1. The van der Waals surface area contributed by atoms with Gasteiger partial charge in [0.05, 0.1) is 11.3 Å². The van der Waals surface area contributed by atoms with Crippen LogP contribution in [0.1, 0.15) is 27.0 Å². The number of hydrogen-bond acceptors (Lipinski definition) is 3. The number of carbonyl (C=O) groups is 2. The summed E-state index contributed by atoms with van der Waals surface area (Å²) >= 11 is 0. The molecular formula is C17H17NO4. The van der Waals surface area contributed by atoms with Gasteiger partial charge in [-0.3, -0.25) is 5.32 Å². The Bertz CT molecular complexity index is 695. The van der Waals surface area contributed by atoms with Crippen molar-refractivity contribution in [3.8, 4) is 0 Å². The van der Waals surface area contributed by atoms with Gasteiger partial charge in [-0.25, -0.2) is 9.59 Å². The Morgan fingerprint density at radius 3 is 2.32 bits per heavy atom. The summed E-state index contributed by atoms with van der Waals surface area (Å²) in [4.78, 5) is 23.3. The highest BCUT2D eigenvalue weighted by Gasteiger charge is 2.18. The Morgan fingerprint density at radius 1 is 1.05 bits per heavy atom. The first-order valence-electron chi connectivity index (χ1n) is 6.80. The lowest BCUT2D eigenvalue weighted by Crippen LogP contribution is -2.17. The standard InChI is InChI=1S/C17H17NO4/c1-11-8-9-12(2)15(14(11)16(19)20)18-17(21)22-10-13-6-4-3-5-7-13/h3-9H,10H2,1-2H3,(H,18,21)(H,19,20). The number of rotatable bonds is 4. The highest BCUT2D eigenvalue weighted by molar-refractivity contribution is 6.01. The molecule has 114 valence electrons. The minimum Gasteiger partial charge on any atom is -0.478 e. The smallest absolute Gasteiger partial charge is 0.411 e. The zero-order chi connectivity index (χ0) is 16.1. The van der Waals surface area contributed by atoms with Gasteiger partial charge in [-0.15, -0.1) is 0 Å². The number of nitrogens with one attached hydrogen (secondary N) is 1. The maximum absolute atomic E-state index is 11.9.